The zero-order chi connectivity index (χ0) is 11.9. The Morgan fingerprint density at radius 3 is 3.24 bits per heavy atom. The van der Waals surface area contributed by atoms with E-state index in [0.717, 1.165) is 38.4 Å². The maximum absolute atomic E-state index is 11.6. The quantitative estimate of drug-likeness (QED) is 0.810. The van der Waals surface area contributed by atoms with E-state index in [1.807, 2.05) is 0 Å². The first-order chi connectivity index (χ1) is 8.34. The molecule has 1 aliphatic heterocycles. The number of thiophene rings is 1. The number of nitrogens with one attached hydrogen (secondary N) is 2. The minimum absolute atomic E-state index is 0.183. The molecule has 0 spiro atoms. The molecule has 1 aromatic rings. The van der Waals surface area contributed by atoms with Crippen LogP contribution in [0.3, 0.4) is 0 Å². The third-order valence-electron chi connectivity index (χ3n) is 3.26. The second-order valence-corrected chi connectivity index (χ2v) is 5.41. The molecule has 1 aromatic heterocycles. The van der Waals surface area contributed by atoms with E-state index in [-0.39, 0.29) is 5.91 Å². The van der Waals surface area contributed by atoms with E-state index < -0.39 is 0 Å². The Hall–Kier alpha value is -0.870. The summed E-state index contributed by atoms with van der Waals surface area (Å²) in [5.41, 5.74) is 1.27. The Labute approximate surface area is 107 Å². The van der Waals surface area contributed by atoms with Gasteiger partial charge in [-0.25, -0.2) is 0 Å². The Bertz CT molecular complexity index is 331. The SMILES string of the molecule is O=C(CCc1ccsc1)NCC[C@H]1CCNC1. The van der Waals surface area contributed by atoms with Crippen LogP contribution in [0.4, 0.5) is 0 Å². The predicted octanol–water partition coefficient (Wildman–Crippen LogP) is 1.80. The fourth-order valence-corrected chi connectivity index (χ4v) is 2.86. The summed E-state index contributed by atoms with van der Waals surface area (Å²) in [6.45, 7) is 3.08. The summed E-state index contributed by atoms with van der Waals surface area (Å²) in [6.07, 6.45) is 3.84. The lowest BCUT2D eigenvalue weighted by molar-refractivity contribution is -0.121. The van der Waals surface area contributed by atoms with Gasteiger partial charge in [0.05, 0.1) is 0 Å². The highest BCUT2D eigenvalue weighted by molar-refractivity contribution is 7.07. The van der Waals surface area contributed by atoms with Gasteiger partial charge in [-0.05, 0) is 60.7 Å². The largest absolute Gasteiger partial charge is 0.356 e. The molecule has 1 atom stereocenters. The van der Waals surface area contributed by atoms with E-state index in [1.165, 1.54) is 12.0 Å². The molecule has 2 heterocycles. The van der Waals surface area contributed by atoms with Crippen LogP contribution in [-0.2, 0) is 11.2 Å². The number of hydrogen-bond donors (Lipinski definition) is 2. The molecule has 2 rings (SSSR count). The zero-order valence-electron chi connectivity index (χ0n) is 10.1. The summed E-state index contributed by atoms with van der Waals surface area (Å²) in [4.78, 5) is 11.6. The lowest BCUT2D eigenvalue weighted by Crippen LogP contribution is -2.26. The second kappa shape index (κ2) is 6.77. The van der Waals surface area contributed by atoms with Gasteiger partial charge in [0.1, 0.15) is 0 Å². The number of carbonyl (C=O) groups excluding carboxylic acids is 1. The molecule has 1 fully saturated rings. The van der Waals surface area contributed by atoms with Crippen LogP contribution in [0.2, 0.25) is 0 Å². The fourth-order valence-electron chi connectivity index (χ4n) is 2.16. The highest BCUT2D eigenvalue weighted by Crippen LogP contribution is 2.11. The topological polar surface area (TPSA) is 41.1 Å². The lowest BCUT2D eigenvalue weighted by atomic mass is 10.1. The Morgan fingerprint density at radius 1 is 1.59 bits per heavy atom. The van der Waals surface area contributed by atoms with Crippen LogP contribution in [0, 0.1) is 5.92 Å². The van der Waals surface area contributed by atoms with Gasteiger partial charge in [0.2, 0.25) is 5.91 Å². The van der Waals surface area contributed by atoms with Crippen LogP contribution in [-0.4, -0.2) is 25.5 Å². The molecule has 17 heavy (non-hydrogen) atoms. The molecular weight excluding hydrogens is 232 g/mol. The van der Waals surface area contributed by atoms with Gasteiger partial charge in [-0.1, -0.05) is 0 Å². The molecule has 0 unspecified atom stereocenters. The van der Waals surface area contributed by atoms with Crippen LogP contribution in [0.15, 0.2) is 16.8 Å². The monoisotopic (exact) mass is 252 g/mol. The maximum Gasteiger partial charge on any atom is 0.220 e. The highest BCUT2D eigenvalue weighted by Gasteiger charge is 2.13. The molecule has 0 bridgehead atoms. The standard InChI is InChI=1S/C13H20N2OS/c16-13(2-1-12-5-8-17-10-12)15-7-4-11-3-6-14-9-11/h5,8,10-11,14H,1-4,6-7,9H2,(H,15,16)/t11-/m1/s1. The van der Waals surface area contributed by atoms with Crippen LogP contribution in [0.1, 0.15) is 24.8 Å². The first kappa shape index (κ1) is 12.6. The molecule has 4 heteroatoms. The summed E-state index contributed by atoms with van der Waals surface area (Å²) in [6, 6.07) is 2.09. The van der Waals surface area contributed by atoms with Gasteiger partial charge in [-0.2, -0.15) is 11.3 Å². The van der Waals surface area contributed by atoms with E-state index in [0.29, 0.717) is 6.42 Å². The molecule has 0 aliphatic carbocycles. The number of amides is 1. The summed E-state index contributed by atoms with van der Waals surface area (Å²) in [5, 5.41) is 10.5. The van der Waals surface area contributed by atoms with E-state index >= 15 is 0 Å². The molecule has 1 saturated heterocycles. The van der Waals surface area contributed by atoms with Gasteiger partial charge < -0.3 is 10.6 Å². The smallest absolute Gasteiger partial charge is 0.220 e. The highest BCUT2D eigenvalue weighted by atomic mass is 32.1. The minimum atomic E-state index is 0.183. The van der Waals surface area contributed by atoms with Crippen LogP contribution < -0.4 is 10.6 Å². The summed E-state index contributed by atoms with van der Waals surface area (Å²) in [5.74, 6) is 0.939. The number of hydrogen-bond acceptors (Lipinski definition) is 3. The average Bonchev–Trinajstić information content (AvgIpc) is 2.99. The van der Waals surface area contributed by atoms with E-state index in [4.69, 9.17) is 0 Å². The molecule has 94 valence electrons. The first-order valence-electron chi connectivity index (χ1n) is 6.33. The third kappa shape index (κ3) is 4.48. The Balaban J connectivity index is 1.54. The Kier molecular flexibility index (Phi) is 5.01. The van der Waals surface area contributed by atoms with Gasteiger partial charge >= 0.3 is 0 Å². The normalized spacial score (nSPS) is 19.4. The van der Waals surface area contributed by atoms with Crippen molar-refractivity contribution < 1.29 is 4.79 Å². The van der Waals surface area contributed by atoms with Gasteiger partial charge in [0, 0.05) is 13.0 Å². The van der Waals surface area contributed by atoms with E-state index in [9.17, 15) is 4.79 Å². The van der Waals surface area contributed by atoms with Crippen molar-refractivity contribution in [1.82, 2.24) is 10.6 Å². The molecule has 2 N–H and O–H groups in total. The van der Waals surface area contributed by atoms with E-state index in [2.05, 4.69) is 27.5 Å². The lowest BCUT2D eigenvalue weighted by Gasteiger charge is -2.09. The maximum atomic E-state index is 11.6. The molecule has 1 aliphatic rings. The number of carbonyl (C=O) groups is 1. The van der Waals surface area contributed by atoms with Crippen molar-refractivity contribution in [2.75, 3.05) is 19.6 Å². The van der Waals surface area contributed by atoms with Crippen molar-refractivity contribution in [2.24, 2.45) is 5.92 Å². The van der Waals surface area contributed by atoms with Crippen LogP contribution in [0.5, 0.6) is 0 Å². The summed E-state index contributed by atoms with van der Waals surface area (Å²) >= 11 is 1.69. The number of aryl methyl sites for hydroxylation is 1. The van der Waals surface area contributed by atoms with Gasteiger partial charge in [-0.15, -0.1) is 0 Å². The number of rotatable bonds is 6. The zero-order valence-corrected chi connectivity index (χ0v) is 10.9. The van der Waals surface area contributed by atoms with Crippen molar-refractivity contribution >= 4 is 17.2 Å². The van der Waals surface area contributed by atoms with Crippen molar-refractivity contribution in [3.63, 3.8) is 0 Å². The molecule has 0 radical (unpaired) electrons. The van der Waals surface area contributed by atoms with Crippen LogP contribution >= 0.6 is 11.3 Å². The minimum Gasteiger partial charge on any atom is -0.356 e. The van der Waals surface area contributed by atoms with E-state index in [1.54, 1.807) is 11.3 Å². The van der Waals surface area contributed by atoms with Crippen molar-refractivity contribution in [1.29, 1.82) is 0 Å². The predicted molar refractivity (Wildman–Crippen MR) is 71.2 cm³/mol. The summed E-state index contributed by atoms with van der Waals surface area (Å²) < 4.78 is 0. The van der Waals surface area contributed by atoms with Gasteiger partial charge in [-0.3, -0.25) is 4.79 Å². The van der Waals surface area contributed by atoms with Gasteiger partial charge in [0.15, 0.2) is 0 Å². The van der Waals surface area contributed by atoms with Crippen molar-refractivity contribution in [3.8, 4) is 0 Å². The molecule has 1 amide bonds. The third-order valence-corrected chi connectivity index (χ3v) is 3.99. The van der Waals surface area contributed by atoms with Crippen molar-refractivity contribution in [2.45, 2.75) is 25.7 Å². The first-order valence-corrected chi connectivity index (χ1v) is 7.27. The molecule has 0 aromatic carbocycles. The van der Waals surface area contributed by atoms with Crippen molar-refractivity contribution in [3.05, 3.63) is 22.4 Å². The molecular formula is C13H20N2OS. The van der Waals surface area contributed by atoms with Crippen LogP contribution in [0.25, 0.3) is 0 Å². The molecule has 3 nitrogen and oxygen atoms in total. The fraction of sp³-hybridized carbons (Fsp3) is 0.615. The average molecular weight is 252 g/mol. The molecule has 0 saturated carbocycles. The van der Waals surface area contributed by atoms with Gasteiger partial charge in [0.25, 0.3) is 0 Å². The second-order valence-electron chi connectivity index (χ2n) is 4.63. The Morgan fingerprint density at radius 2 is 2.53 bits per heavy atom. The summed E-state index contributed by atoms with van der Waals surface area (Å²) in [7, 11) is 0.